The maximum Gasteiger partial charge on any atom is 0.123 e. The summed E-state index contributed by atoms with van der Waals surface area (Å²) in [6.07, 6.45) is -0.175. The number of aliphatic hydroxyl groups is 1. The molecule has 3 rings (SSSR count). The van der Waals surface area contributed by atoms with Crippen LogP contribution in [0.5, 0.6) is 0 Å². The molecule has 0 aliphatic carbocycles. The van der Waals surface area contributed by atoms with E-state index in [2.05, 4.69) is 0 Å². The molecule has 2 aromatic carbocycles. The van der Waals surface area contributed by atoms with Crippen molar-refractivity contribution in [3.8, 4) is 0 Å². The molecule has 0 amide bonds. The molecule has 0 radical (unpaired) electrons. The van der Waals surface area contributed by atoms with E-state index in [1.54, 1.807) is 24.3 Å². The highest BCUT2D eigenvalue weighted by atomic mass is 19.1. The predicted molar refractivity (Wildman–Crippen MR) is 82.0 cm³/mol. The lowest BCUT2D eigenvalue weighted by molar-refractivity contribution is -0.137. The van der Waals surface area contributed by atoms with Crippen molar-refractivity contribution in [2.24, 2.45) is 5.92 Å². The number of rotatable bonds is 3. The molecular formula is C18H19F2NO2. The van der Waals surface area contributed by atoms with Crippen molar-refractivity contribution in [3.63, 3.8) is 0 Å². The van der Waals surface area contributed by atoms with E-state index in [0.29, 0.717) is 25.1 Å². The Kier molecular flexibility index (Phi) is 4.71. The number of nitrogens with zero attached hydrogens (tertiary/aromatic N) is 1. The normalized spacial score (nSPS) is 23.7. The van der Waals surface area contributed by atoms with E-state index in [1.807, 2.05) is 0 Å². The maximum atomic E-state index is 13.1. The first kappa shape index (κ1) is 16.1. The zero-order chi connectivity index (χ0) is 16.4. The summed E-state index contributed by atoms with van der Waals surface area (Å²) in [5, 5.41) is 21.7. The quantitative estimate of drug-likeness (QED) is 0.910. The second kappa shape index (κ2) is 6.74. The molecule has 0 aromatic heterocycles. The van der Waals surface area contributed by atoms with Crippen LogP contribution in [0.25, 0.3) is 0 Å². The highest BCUT2D eigenvalue weighted by Gasteiger charge is 2.35. The maximum absolute atomic E-state index is 13.1. The standard InChI is InChI=1S/C18H19F2NO2/c19-14-5-1-12(2-6-14)16-9-10-21(23)11-17(16)18(22)13-3-7-15(20)8-4-13/h1-8,16-18,22-23H,9-11H2. The van der Waals surface area contributed by atoms with E-state index in [0.717, 1.165) is 5.56 Å². The zero-order valence-corrected chi connectivity index (χ0v) is 12.6. The van der Waals surface area contributed by atoms with Crippen LogP contribution in [0.1, 0.15) is 29.6 Å². The molecule has 122 valence electrons. The largest absolute Gasteiger partial charge is 0.388 e. The van der Waals surface area contributed by atoms with E-state index in [9.17, 15) is 19.1 Å². The summed E-state index contributed by atoms with van der Waals surface area (Å²) < 4.78 is 26.2. The van der Waals surface area contributed by atoms with Crippen LogP contribution in [0.2, 0.25) is 0 Å². The molecule has 1 aliphatic heterocycles. The molecule has 0 saturated carbocycles. The summed E-state index contributed by atoms with van der Waals surface area (Å²) in [6.45, 7) is 0.801. The van der Waals surface area contributed by atoms with Crippen molar-refractivity contribution in [3.05, 3.63) is 71.3 Å². The highest BCUT2D eigenvalue weighted by molar-refractivity contribution is 5.25. The minimum atomic E-state index is -0.833. The lowest BCUT2D eigenvalue weighted by Crippen LogP contribution is -2.40. The first-order valence-electron chi connectivity index (χ1n) is 7.67. The fourth-order valence-electron chi connectivity index (χ4n) is 3.31. The Morgan fingerprint density at radius 2 is 1.52 bits per heavy atom. The third-order valence-electron chi connectivity index (χ3n) is 4.55. The van der Waals surface area contributed by atoms with Crippen molar-refractivity contribution in [1.29, 1.82) is 0 Å². The fraction of sp³-hybridized carbons (Fsp3) is 0.333. The summed E-state index contributed by atoms with van der Waals surface area (Å²) in [6, 6.07) is 12.0. The monoisotopic (exact) mass is 319 g/mol. The van der Waals surface area contributed by atoms with Gasteiger partial charge in [0, 0.05) is 19.0 Å². The van der Waals surface area contributed by atoms with Crippen LogP contribution in [-0.2, 0) is 0 Å². The fourth-order valence-corrected chi connectivity index (χ4v) is 3.31. The van der Waals surface area contributed by atoms with E-state index >= 15 is 0 Å². The van der Waals surface area contributed by atoms with E-state index < -0.39 is 6.10 Å². The van der Waals surface area contributed by atoms with Gasteiger partial charge in [0.2, 0.25) is 0 Å². The molecule has 23 heavy (non-hydrogen) atoms. The minimum absolute atomic E-state index is 0.000877. The Hall–Kier alpha value is -1.82. The van der Waals surface area contributed by atoms with Gasteiger partial charge >= 0.3 is 0 Å². The third kappa shape index (κ3) is 3.58. The molecule has 2 N–H and O–H groups in total. The number of hydroxylamine groups is 2. The van der Waals surface area contributed by atoms with E-state index in [1.165, 1.54) is 29.3 Å². The molecule has 5 heteroatoms. The molecular weight excluding hydrogens is 300 g/mol. The smallest absolute Gasteiger partial charge is 0.123 e. The lowest BCUT2D eigenvalue weighted by atomic mass is 9.76. The first-order chi connectivity index (χ1) is 11.0. The van der Waals surface area contributed by atoms with Crippen LogP contribution in [0.15, 0.2) is 48.5 Å². The van der Waals surface area contributed by atoms with Gasteiger partial charge in [-0.1, -0.05) is 24.3 Å². The van der Waals surface area contributed by atoms with Gasteiger partial charge in [-0.2, -0.15) is 5.06 Å². The number of aliphatic hydroxyl groups excluding tert-OH is 1. The summed E-state index contributed by atoms with van der Waals surface area (Å²) in [5.74, 6) is -0.920. The van der Waals surface area contributed by atoms with Gasteiger partial charge in [0.25, 0.3) is 0 Å². The van der Waals surface area contributed by atoms with Crippen molar-refractivity contribution >= 4 is 0 Å². The van der Waals surface area contributed by atoms with E-state index in [4.69, 9.17) is 0 Å². The molecule has 3 atom stereocenters. The van der Waals surface area contributed by atoms with Gasteiger partial charge in [-0.15, -0.1) is 0 Å². The van der Waals surface area contributed by atoms with Crippen molar-refractivity contribution in [1.82, 2.24) is 5.06 Å². The van der Waals surface area contributed by atoms with Crippen LogP contribution in [0.3, 0.4) is 0 Å². The van der Waals surface area contributed by atoms with Gasteiger partial charge in [-0.3, -0.25) is 0 Å². The molecule has 0 spiro atoms. The second-order valence-electron chi connectivity index (χ2n) is 6.02. The van der Waals surface area contributed by atoms with E-state index in [-0.39, 0.29) is 23.5 Å². The molecule has 2 aromatic rings. The SMILES string of the molecule is OC(c1ccc(F)cc1)C1CN(O)CCC1c1ccc(F)cc1. The average Bonchev–Trinajstić information content (AvgIpc) is 2.56. The van der Waals surface area contributed by atoms with Gasteiger partial charge in [-0.25, -0.2) is 8.78 Å². The summed E-state index contributed by atoms with van der Waals surface area (Å²) in [4.78, 5) is 0. The summed E-state index contributed by atoms with van der Waals surface area (Å²) in [7, 11) is 0. The Bertz CT molecular complexity index is 645. The summed E-state index contributed by atoms with van der Waals surface area (Å²) in [5.41, 5.74) is 1.55. The number of halogens is 2. The Morgan fingerprint density at radius 1 is 0.957 bits per heavy atom. The Balaban J connectivity index is 1.88. The lowest BCUT2D eigenvalue weighted by Gasteiger charge is -2.38. The van der Waals surface area contributed by atoms with Gasteiger partial charge in [0.05, 0.1) is 6.10 Å². The van der Waals surface area contributed by atoms with Crippen molar-refractivity contribution in [2.45, 2.75) is 18.4 Å². The Morgan fingerprint density at radius 3 is 2.13 bits per heavy atom. The topological polar surface area (TPSA) is 43.7 Å². The minimum Gasteiger partial charge on any atom is -0.388 e. The first-order valence-corrected chi connectivity index (χ1v) is 7.67. The Labute approximate surface area is 133 Å². The highest BCUT2D eigenvalue weighted by Crippen LogP contribution is 2.40. The molecule has 3 unspecified atom stereocenters. The van der Waals surface area contributed by atoms with Gasteiger partial charge in [-0.05, 0) is 47.7 Å². The van der Waals surface area contributed by atoms with Crippen molar-refractivity contribution in [2.75, 3.05) is 13.1 Å². The zero-order valence-electron chi connectivity index (χ0n) is 12.6. The number of benzene rings is 2. The van der Waals surface area contributed by atoms with Crippen LogP contribution < -0.4 is 0 Å². The third-order valence-corrected chi connectivity index (χ3v) is 4.55. The van der Waals surface area contributed by atoms with Crippen LogP contribution >= 0.6 is 0 Å². The van der Waals surface area contributed by atoms with Crippen LogP contribution in [-0.4, -0.2) is 28.5 Å². The molecule has 0 bridgehead atoms. The van der Waals surface area contributed by atoms with Crippen LogP contribution in [0, 0.1) is 17.6 Å². The molecule has 3 nitrogen and oxygen atoms in total. The number of hydrogen-bond donors (Lipinski definition) is 2. The van der Waals surface area contributed by atoms with Crippen molar-refractivity contribution < 1.29 is 19.1 Å². The number of hydrogen-bond acceptors (Lipinski definition) is 3. The van der Waals surface area contributed by atoms with Gasteiger partial charge in [0.15, 0.2) is 0 Å². The van der Waals surface area contributed by atoms with Crippen LogP contribution in [0.4, 0.5) is 8.78 Å². The van der Waals surface area contributed by atoms with Gasteiger partial charge in [0.1, 0.15) is 11.6 Å². The number of piperidine rings is 1. The second-order valence-corrected chi connectivity index (χ2v) is 6.02. The molecule has 1 heterocycles. The predicted octanol–water partition coefficient (Wildman–Crippen LogP) is 3.49. The van der Waals surface area contributed by atoms with Gasteiger partial charge < -0.3 is 10.3 Å². The molecule has 1 saturated heterocycles. The summed E-state index contributed by atoms with van der Waals surface area (Å²) >= 11 is 0. The molecule has 1 fully saturated rings. The molecule has 1 aliphatic rings. The average molecular weight is 319 g/mol.